The first-order chi connectivity index (χ1) is 17.1. The lowest BCUT2D eigenvalue weighted by molar-refractivity contribution is -0.233. The highest BCUT2D eigenvalue weighted by Crippen LogP contribution is 2.65. The predicted molar refractivity (Wildman–Crippen MR) is 125 cm³/mol. The number of epoxide rings is 1. The van der Waals surface area contributed by atoms with Gasteiger partial charge in [0, 0.05) is 44.9 Å². The molecule has 2 heterocycles. The van der Waals surface area contributed by atoms with Crippen LogP contribution in [0.3, 0.4) is 0 Å². The van der Waals surface area contributed by atoms with Crippen molar-refractivity contribution in [3.8, 4) is 0 Å². The monoisotopic (exact) mass is 524 g/mol. The smallest absolute Gasteiger partial charge is 0.342 e. The number of hydrogen-bond acceptors (Lipinski definition) is 11. The van der Waals surface area contributed by atoms with Crippen LogP contribution in [-0.2, 0) is 42.9 Å². The summed E-state index contributed by atoms with van der Waals surface area (Å²) in [4.78, 5) is 50.0. The Morgan fingerprint density at radius 3 is 2.03 bits per heavy atom. The number of esters is 4. The van der Waals surface area contributed by atoms with Crippen LogP contribution in [0.2, 0.25) is 0 Å². The highest BCUT2D eigenvalue weighted by Gasteiger charge is 2.87. The Morgan fingerprint density at radius 1 is 0.973 bits per heavy atom. The lowest BCUT2D eigenvalue weighted by Gasteiger charge is -2.56. The Morgan fingerprint density at radius 2 is 1.51 bits per heavy atom. The molecular weight excluding hydrogens is 488 g/mol. The van der Waals surface area contributed by atoms with E-state index in [0.717, 1.165) is 0 Å². The number of ether oxygens (including phenoxy) is 5. The average molecular weight is 525 g/mol. The summed E-state index contributed by atoms with van der Waals surface area (Å²) >= 11 is 0. The van der Waals surface area contributed by atoms with E-state index in [-0.39, 0.29) is 12.8 Å². The fraction of sp³-hybridized carbons (Fsp3) is 0.769. The molecule has 0 aromatic heterocycles. The second kappa shape index (κ2) is 9.06. The number of aliphatic hydroxyl groups is 2. The first-order valence-electron chi connectivity index (χ1n) is 12.6. The zero-order valence-corrected chi connectivity index (χ0v) is 22.2. The molecule has 4 aliphatic rings. The Bertz CT molecular complexity index is 1040. The van der Waals surface area contributed by atoms with Crippen LogP contribution in [0.25, 0.3) is 0 Å². The van der Waals surface area contributed by atoms with Crippen molar-refractivity contribution in [2.45, 2.75) is 109 Å². The molecule has 0 aromatic rings. The maximum absolute atomic E-state index is 13.0. The molecule has 0 bridgehead atoms. The first kappa shape index (κ1) is 27.5. The van der Waals surface area contributed by atoms with Crippen LogP contribution in [0.1, 0.15) is 61.3 Å². The number of rotatable bonds is 3. The maximum Gasteiger partial charge on any atom is 0.342 e. The minimum Gasteiger partial charge on any atom is -0.462 e. The molecule has 0 aromatic carbocycles. The molecule has 1 spiro atoms. The third-order valence-electron chi connectivity index (χ3n) is 8.89. The molecule has 206 valence electrons. The van der Waals surface area contributed by atoms with Gasteiger partial charge in [-0.1, -0.05) is 13.8 Å². The van der Waals surface area contributed by atoms with E-state index in [2.05, 4.69) is 0 Å². The van der Waals surface area contributed by atoms with E-state index >= 15 is 0 Å². The molecule has 0 amide bonds. The molecule has 11 heteroatoms. The van der Waals surface area contributed by atoms with Crippen LogP contribution in [0.15, 0.2) is 11.6 Å². The second-order valence-electron chi connectivity index (χ2n) is 11.2. The topological polar surface area (TPSA) is 158 Å². The van der Waals surface area contributed by atoms with Crippen LogP contribution >= 0.6 is 0 Å². The van der Waals surface area contributed by atoms with E-state index in [1.54, 1.807) is 33.8 Å². The van der Waals surface area contributed by atoms with E-state index < -0.39 is 89.0 Å². The highest BCUT2D eigenvalue weighted by molar-refractivity contribution is 5.89. The molecule has 0 radical (unpaired) electrons. The molecule has 1 saturated carbocycles. The summed E-state index contributed by atoms with van der Waals surface area (Å²) in [6, 6.07) is 0. The van der Waals surface area contributed by atoms with Crippen molar-refractivity contribution >= 4 is 23.9 Å². The summed E-state index contributed by atoms with van der Waals surface area (Å²) in [6.45, 7) is 10.4. The minimum atomic E-state index is -1.48. The van der Waals surface area contributed by atoms with E-state index in [1.807, 2.05) is 0 Å². The predicted octanol–water partition coefficient (Wildman–Crippen LogP) is 0.969. The second-order valence-corrected chi connectivity index (χ2v) is 11.2. The normalized spacial score (nSPS) is 48.1. The van der Waals surface area contributed by atoms with Crippen molar-refractivity contribution in [1.82, 2.24) is 0 Å². The third-order valence-corrected chi connectivity index (χ3v) is 8.89. The van der Waals surface area contributed by atoms with Gasteiger partial charge in [-0.15, -0.1) is 0 Å². The van der Waals surface area contributed by atoms with Crippen molar-refractivity contribution in [1.29, 1.82) is 0 Å². The van der Waals surface area contributed by atoms with Gasteiger partial charge in [-0.2, -0.15) is 0 Å². The average Bonchev–Trinajstić information content (AvgIpc) is 3.36. The van der Waals surface area contributed by atoms with E-state index in [0.29, 0.717) is 5.57 Å². The van der Waals surface area contributed by atoms with E-state index in [4.69, 9.17) is 23.7 Å². The van der Waals surface area contributed by atoms with Gasteiger partial charge in [0.05, 0.1) is 12.2 Å². The summed E-state index contributed by atoms with van der Waals surface area (Å²) in [5.74, 6) is -3.99. The fourth-order valence-electron chi connectivity index (χ4n) is 6.89. The van der Waals surface area contributed by atoms with E-state index in [1.165, 1.54) is 20.8 Å². The largest absolute Gasteiger partial charge is 0.462 e. The SMILES string of the molecule is CC(=O)O[C@@H]1[C@@H]2[C@H](C)[C@H](O)C[C@@H](OC(C)=O)[C@@]2(C)[C@H](OC(C)=O)C[C@H](O)/C(C)=C/[C@H]2OC(=O)[C@@]3(C)O[C@@]123. The van der Waals surface area contributed by atoms with Gasteiger partial charge in [-0.25, -0.2) is 4.79 Å². The van der Waals surface area contributed by atoms with Crippen molar-refractivity contribution in [3.63, 3.8) is 0 Å². The van der Waals surface area contributed by atoms with Gasteiger partial charge in [0.2, 0.25) is 0 Å². The lowest BCUT2D eigenvalue weighted by atomic mass is 9.53. The van der Waals surface area contributed by atoms with Crippen molar-refractivity contribution in [2.24, 2.45) is 17.3 Å². The van der Waals surface area contributed by atoms with Gasteiger partial charge in [0.1, 0.15) is 18.3 Å². The van der Waals surface area contributed by atoms with E-state index in [9.17, 15) is 29.4 Å². The van der Waals surface area contributed by atoms with Crippen LogP contribution < -0.4 is 0 Å². The molecule has 2 aliphatic carbocycles. The van der Waals surface area contributed by atoms with Crippen molar-refractivity contribution in [2.75, 3.05) is 0 Å². The molecule has 11 atom stereocenters. The molecular formula is C26H36O11. The van der Waals surface area contributed by atoms with Gasteiger partial charge in [-0.3, -0.25) is 14.4 Å². The summed E-state index contributed by atoms with van der Waals surface area (Å²) < 4.78 is 29.2. The molecule has 2 N–H and O–H groups in total. The lowest BCUT2D eigenvalue weighted by Crippen LogP contribution is -2.66. The van der Waals surface area contributed by atoms with Gasteiger partial charge in [0.25, 0.3) is 0 Å². The molecule has 11 nitrogen and oxygen atoms in total. The Balaban J connectivity index is 2.02. The van der Waals surface area contributed by atoms with Gasteiger partial charge in [0.15, 0.2) is 17.3 Å². The number of carbonyl (C=O) groups is 4. The first-order valence-corrected chi connectivity index (χ1v) is 12.6. The zero-order chi connectivity index (χ0) is 27.7. The molecule has 0 unspecified atom stereocenters. The van der Waals surface area contributed by atoms with Crippen LogP contribution in [0, 0.1) is 17.3 Å². The molecule has 4 rings (SSSR count). The highest BCUT2D eigenvalue weighted by atomic mass is 16.7. The third kappa shape index (κ3) is 4.06. The van der Waals surface area contributed by atoms with Crippen LogP contribution in [-0.4, -0.2) is 81.9 Å². The molecule has 37 heavy (non-hydrogen) atoms. The standard InChI is InChI=1S/C26H36O11/c1-11-8-20-26(25(7,37-26)23(32)36-20)22(35-15(5)29)21-12(2)17(31)10-19(34-14(4)28)24(21,6)18(9-16(11)30)33-13(3)27/h8,12,16-22,30-31H,9-10H2,1-7H3/b11-8+/t12-,16+,17-,18-,19-,20-,21+,22-,24-,25-,26-/m1/s1. The molecule has 3 fully saturated rings. The van der Waals surface area contributed by atoms with Crippen LogP contribution in [0.5, 0.6) is 0 Å². The van der Waals surface area contributed by atoms with Crippen molar-refractivity contribution < 1.29 is 53.1 Å². The Hall–Kier alpha value is -2.50. The summed E-state index contributed by atoms with van der Waals surface area (Å²) in [6.07, 6.45) is -4.79. The summed E-state index contributed by atoms with van der Waals surface area (Å²) in [7, 11) is 0. The molecule has 2 saturated heterocycles. The minimum absolute atomic E-state index is 0.0210. The maximum atomic E-state index is 13.0. The summed E-state index contributed by atoms with van der Waals surface area (Å²) in [5, 5.41) is 22.3. The number of carbonyl (C=O) groups excluding carboxylic acids is 4. The number of aliphatic hydroxyl groups excluding tert-OH is 2. The molecule has 2 aliphatic heterocycles. The quantitative estimate of drug-likeness (QED) is 0.234. The van der Waals surface area contributed by atoms with Gasteiger partial charge >= 0.3 is 23.9 Å². The summed E-state index contributed by atoms with van der Waals surface area (Å²) in [5.41, 5.74) is -3.79. The Kier molecular flexibility index (Phi) is 6.74. The van der Waals surface area contributed by atoms with Gasteiger partial charge < -0.3 is 33.9 Å². The van der Waals surface area contributed by atoms with Crippen molar-refractivity contribution in [3.05, 3.63) is 11.6 Å². The van der Waals surface area contributed by atoms with Crippen LogP contribution in [0.4, 0.5) is 0 Å². The number of fused-ring (bicyclic) bond motifs is 1. The fourth-order valence-corrected chi connectivity index (χ4v) is 6.89. The Labute approximate surface area is 215 Å². The zero-order valence-electron chi connectivity index (χ0n) is 22.2. The number of hydrogen-bond donors (Lipinski definition) is 2. The van der Waals surface area contributed by atoms with Gasteiger partial charge in [-0.05, 0) is 31.4 Å².